The number of rotatable bonds is 0. The summed E-state index contributed by atoms with van der Waals surface area (Å²) in [5, 5.41) is 12.2. The minimum atomic E-state index is 0.952. The highest BCUT2D eigenvalue weighted by Gasteiger charge is 2.13. The molecule has 1 heteroatoms. The molecule has 0 N–H and O–H groups in total. The summed E-state index contributed by atoms with van der Waals surface area (Å²) in [7, 11) is 0. The zero-order valence-corrected chi connectivity index (χ0v) is 13.2. The fraction of sp³-hybridized carbons (Fsp3) is 0.0435. The van der Waals surface area contributed by atoms with Crippen molar-refractivity contribution < 1.29 is 0 Å². The SMILES string of the molecule is C1=CCn2ccc3c(ccc4c5cccc5c5cccc5c34)c2=C1. The highest BCUT2D eigenvalue weighted by molar-refractivity contribution is 6.31. The molecule has 0 spiro atoms. The van der Waals surface area contributed by atoms with E-state index in [1.807, 2.05) is 0 Å². The van der Waals surface area contributed by atoms with Gasteiger partial charge in [-0.3, -0.25) is 0 Å². The van der Waals surface area contributed by atoms with Gasteiger partial charge in [-0.25, -0.2) is 0 Å². The predicted molar refractivity (Wildman–Crippen MR) is 103 cm³/mol. The van der Waals surface area contributed by atoms with Crippen molar-refractivity contribution in [2.24, 2.45) is 0 Å². The Balaban J connectivity index is 1.98. The Morgan fingerprint density at radius 3 is 2.08 bits per heavy atom. The van der Waals surface area contributed by atoms with Crippen molar-refractivity contribution in [1.29, 1.82) is 0 Å². The Morgan fingerprint density at radius 2 is 1.25 bits per heavy atom. The van der Waals surface area contributed by atoms with E-state index in [4.69, 9.17) is 0 Å². The van der Waals surface area contributed by atoms with E-state index in [1.54, 1.807) is 0 Å². The van der Waals surface area contributed by atoms with E-state index in [1.165, 1.54) is 48.4 Å². The fourth-order valence-corrected chi connectivity index (χ4v) is 4.37. The summed E-state index contributed by atoms with van der Waals surface area (Å²) in [4.78, 5) is 0. The van der Waals surface area contributed by atoms with Crippen LogP contribution in [0.4, 0.5) is 0 Å². The molecule has 5 aromatic rings. The fourth-order valence-electron chi connectivity index (χ4n) is 4.37. The average molecular weight is 305 g/mol. The second-order valence-corrected chi connectivity index (χ2v) is 6.60. The van der Waals surface area contributed by atoms with E-state index in [0.29, 0.717) is 0 Å². The first-order valence-electron chi connectivity index (χ1n) is 8.43. The summed E-state index contributed by atoms with van der Waals surface area (Å²) in [5.74, 6) is 0. The minimum absolute atomic E-state index is 0.952. The lowest BCUT2D eigenvalue weighted by Gasteiger charge is -2.14. The first-order valence-corrected chi connectivity index (χ1v) is 8.43. The van der Waals surface area contributed by atoms with Crippen LogP contribution in [-0.2, 0) is 6.54 Å². The molecule has 0 saturated carbocycles. The van der Waals surface area contributed by atoms with Gasteiger partial charge in [-0.1, -0.05) is 60.7 Å². The van der Waals surface area contributed by atoms with E-state index in [0.717, 1.165) is 6.54 Å². The first-order chi connectivity index (χ1) is 11.9. The molecular weight excluding hydrogens is 290 g/mol. The smallest absolute Gasteiger partial charge is 0.0488 e. The van der Waals surface area contributed by atoms with Crippen LogP contribution in [0, 0.1) is 0 Å². The molecule has 0 atom stereocenters. The molecule has 0 radical (unpaired) electrons. The number of allylic oxidation sites excluding steroid dienone is 2. The lowest BCUT2D eigenvalue weighted by Crippen LogP contribution is -2.21. The van der Waals surface area contributed by atoms with Gasteiger partial charge in [0, 0.05) is 23.5 Å². The number of hydrogen-bond acceptors (Lipinski definition) is 0. The van der Waals surface area contributed by atoms with Crippen molar-refractivity contribution in [3.8, 4) is 0 Å². The highest BCUT2D eigenvalue weighted by Crippen LogP contribution is 2.39. The molecule has 112 valence electrons. The van der Waals surface area contributed by atoms with Crippen molar-refractivity contribution >= 4 is 49.2 Å². The molecule has 1 aromatic heterocycles. The monoisotopic (exact) mass is 305 g/mol. The quantitative estimate of drug-likeness (QED) is 0.348. The second kappa shape index (κ2) is 4.27. The van der Waals surface area contributed by atoms with Crippen LogP contribution in [0.5, 0.6) is 0 Å². The molecule has 2 heterocycles. The van der Waals surface area contributed by atoms with Crippen LogP contribution < -0.4 is 5.35 Å². The second-order valence-electron chi connectivity index (χ2n) is 6.60. The number of hydrogen-bond donors (Lipinski definition) is 0. The molecule has 1 aliphatic heterocycles. The van der Waals surface area contributed by atoms with E-state index in [2.05, 4.69) is 83.6 Å². The first kappa shape index (κ1) is 12.4. The van der Waals surface area contributed by atoms with E-state index >= 15 is 0 Å². The molecule has 0 bridgehead atoms. The lowest BCUT2D eigenvalue weighted by atomic mass is 9.95. The van der Waals surface area contributed by atoms with Gasteiger partial charge < -0.3 is 4.57 Å². The number of pyridine rings is 1. The van der Waals surface area contributed by atoms with Crippen molar-refractivity contribution in [1.82, 2.24) is 4.57 Å². The van der Waals surface area contributed by atoms with Crippen LogP contribution in [0.3, 0.4) is 0 Å². The Kier molecular flexibility index (Phi) is 2.20. The molecule has 0 aliphatic carbocycles. The van der Waals surface area contributed by atoms with Crippen molar-refractivity contribution in [2.45, 2.75) is 6.54 Å². The van der Waals surface area contributed by atoms with Gasteiger partial charge in [0.05, 0.1) is 0 Å². The van der Waals surface area contributed by atoms with Crippen molar-refractivity contribution in [3.63, 3.8) is 0 Å². The van der Waals surface area contributed by atoms with Gasteiger partial charge in [-0.05, 0) is 49.8 Å². The van der Waals surface area contributed by atoms with Gasteiger partial charge in [-0.2, -0.15) is 0 Å². The van der Waals surface area contributed by atoms with E-state index in [-0.39, 0.29) is 0 Å². The summed E-state index contributed by atoms with van der Waals surface area (Å²) in [6, 6.07) is 20.2. The van der Waals surface area contributed by atoms with Crippen LogP contribution in [-0.4, -0.2) is 4.57 Å². The third-order valence-corrected chi connectivity index (χ3v) is 5.43. The van der Waals surface area contributed by atoms with Crippen LogP contribution in [0.15, 0.2) is 72.9 Å². The molecule has 24 heavy (non-hydrogen) atoms. The normalized spacial score (nSPS) is 13.8. The zero-order chi connectivity index (χ0) is 15.7. The standard InChI is InChI=1S/C23H15N/c1-2-13-24-14-12-21-18(22(24)9-1)10-11-20-17-6-3-5-15(17)16-7-4-8-19(16)23(20)21/h1-12,14H,13H2. The van der Waals surface area contributed by atoms with Crippen LogP contribution in [0.2, 0.25) is 0 Å². The zero-order valence-electron chi connectivity index (χ0n) is 13.2. The van der Waals surface area contributed by atoms with Crippen molar-refractivity contribution in [2.75, 3.05) is 0 Å². The van der Waals surface area contributed by atoms with Gasteiger partial charge in [0.25, 0.3) is 0 Å². The topological polar surface area (TPSA) is 4.93 Å². The maximum atomic E-state index is 2.32. The highest BCUT2D eigenvalue weighted by atomic mass is 14.9. The third kappa shape index (κ3) is 1.40. The summed E-state index contributed by atoms with van der Waals surface area (Å²) in [6.07, 6.45) is 8.81. The van der Waals surface area contributed by atoms with Gasteiger partial charge >= 0.3 is 0 Å². The molecule has 1 aliphatic rings. The van der Waals surface area contributed by atoms with E-state index < -0.39 is 0 Å². The molecule has 0 unspecified atom stereocenters. The van der Waals surface area contributed by atoms with Crippen LogP contribution in [0.1, 0.15) is 0 Å². The summed E-state index contributed by atoms with van der Waals surface area (Å²) in [5.41, 5.74) is 0. The van der Waals surface area contributed by atoms with Gasteiger partial charge in [-0.15, -0.1) is 0 Å². The number of nitrogens with zero attached hydrogens (tertiary/aromatic N) is 1. The molecule has 4 aromatic carbocycles. The molecule has 0 saturated heterocycles. The van der Waals surface area contributed by atoms with Gasteiger partial charge in [0.15, 0.2) is 0 Å². The summed E-state index contributed by atoms with van der Waals surface area (Å²) < 4.78 is 2.32. The van der Waals surface area contributed by atoms with Gasteiger partial charge in [0.2, 0.25) is 0 Å². The van der Waals surface area contributed by atoms with Crippen LogP contribution in [0.25, 0.3) is 49.2 Å². The molecule has 0 fully saturated rings. The average Bonchev–Trinajstić information content (AvgIpc) is 3.29. The minimum Gasteiger partial charge on any atom is -0.344 e. The molecular formula is C23H15N. The van der Waals surface area contributed by atoms with Crippen LogP contribution >= 0.6 is 0 Å². The molecule has 6 rings (SSSR count). The largest absolute Gasteiger partial charge is 0.344 e. The number of aromatic nitrogens is 1. The summed E-state index contributed by atoms with van der Waals surface area (Å²) >= 11 is 0. The number of benzene rings is 2. The lowest BCUT2D eigenvalue weighted by molar-refractivity contribution is 0.786. The Bertz CT molecular complexity index is 1370. The Hall–Kier alpha value is -3.06. The molecule has 1 nitrogen and oxygen atoms in total. The number of fused-ring (bicyclic) bond motifs is 10. The van der Waals surface area contributed by atoms with Crippen molar-refractivity contribution in [3.05, 3.63) is 78.3 Å². The maximum absolute atomic E-state index is 2.32. The van der Waals surface area contributed by atoms with E-state index in [9.17, 15) is 0 Å². The Morgan fingerprint density at radius 1 is 0.625 bits per heavy atom. The Labute approximate surface area is 139 Å². The molecule has 0 amide bonds. The third-order valence-electron chi connectivity index (χ3n) is 5.43. The predicted octanol–water partition coefficient (Wildman–Crippen LogP) is 5.17. The van der Waals surface area contributed by atoms with Gasteiger partial charge in [0.1, 0.15) is 0 Å². The summed E-state index contributed by atoms with van der Waals surface area (Å²) in [6.45, 7) is 0.952. The maximum Gasteiger partial charge on any atom is 0.0488 e.